The lowest BCUT2D eigenvalue weighted by Crippen LogP contribution is -2.04. The number of nitrogen functional groups attached to an aromatic ring is 1. The Bertz CT molecular complexity index is 656. The molecule has 1 aromatic carbocycles. The van der Waals surface area contributed by atoms with Gasteiger partial charge in [0.25, 0.3) is 0 Å². The van der Waals surface area contributed by atoms with Crippen molar-refractivity contribution >= 4 is 11.8 Å². The van der Waals surface area contributed by atoms with Gasteiger partial charge in [-0.15, -0.1) is 0 Å². The van der Waals surface area contributed by atoms with Crippen molar-refractivity contribution < 1.29 is 19.4 Å². The van der Waals surface area contributed by atoms with E-state index in [0.717, 1.165) is 0 Å². The molecule has 0 aliphatic rings. The number of nitrogens with two attached hydrogens (primary N) is 1. The fraction of sp³-hybridized carbons (Fsp3) is 0.143. The van der Waals surface area contributed by atoms with E-state index in [1.54, 1.807) is 25.3 Å². The highest BCUT2D eigenvalue weighted by molar-refractivity contribution is 5.94. The molecule has 0 atom stereocenters. The first kappa shape index (κ1) is 13.7. The van der Waals surface area contributed by atoms with Gasteiger partial charge < -0.3 is 20.3 Å². The number of aromatic carboxylic acids is 1. The van der Waals surface area contributed by atoms with Crippen LogP contribution in [0.15, 0.2) is 30.5 Å². The summed E-state index contributed by atoms with van der Waals surface area (Å²) in [6.45, 7) is 0. The summed E-state index contributed by atoms with van der Waals surface area (Å²) in [5.41, 5.74) is 6.77. The molecule has 0 amide bonds. The smallest absolute Gasteiger partial charge is 0.339 e. The predicted octanol–water partition coefficient (Wildman–Crippen LogP) is 2.05. The minimum atomic E-state index is -1.13. The van der Waals surface area contributed by atoms with Gasteiger partial charge in [0.2, 0.25) is 0 Å². The van der Waals surface area contributed by atoms with E-state index in [1.165, 1.54) is 19.4 Å². The van der Waals surface area contributed by atoms with Crippen molar-refractivity contribution in [3.05, 3.63) is 36.0 Å². The maximum Gasteiger partial charge on any atom is 0.339 e. The number of anilines is 1. The van der Waals surface area contributed by atoms with Crippen LogP contribution in [0, 0.1) is 0 Å². The maximum atomic E-state index is 11.1. The average molecular weight is 274 g/mol. The van der Waals surface area contributed by atoms with Crippen molar-refractivity contribution in [2.75, 3.05) is 20.0 Å². The van der Waals surface area contributed by atoms with Gasteiger partial charge in [-0.25, -0.2) is 9.78 Å². The lowest BCUT2D eigenvalue weighted by atomic mass is 10.0. The zero-order valence-corrected chi connectivity index (χ0v) is 11.1. The van der Waals surface area contributed by atoms with E-state index in [9.17, 15) is 4.79 Å². The third kappa shape index (κ3) is 2.49. The number of hydrogen-bond acceptors (Lipinski definition) is 5. The quantitative estimate of drug-likeness (QED) is 0.886. The molecule has 3 N–H and O–H groups in total. The number of rotatable bonds is 4. The van der Waals surface area contributed by atoms with Crippen LogP contribution in [-0.2, 0) is 0 Å². The van der Waals surface area contributed by atoms with E-state index in [-0.39, 0.29) is 11.4 Å². The highest BCUT2D eigenvalue weighted by Gasteiger charge is 2.14. The number of carbonyl (C=O) groups is 1. The number of nitrogens with zero attached hydrogens (tertiary/aromatic N) is 1. The van der Waals surface area contributed by atoms with Gasteiger partial charge in [-0.1, -0.05) is 0 Å². The lowest BCUT2D eigenvalue weighted by molar-refractivity contribution is 0.0697. The predicted molar refractivity (Wildman–Crippen MR) is 74.1 cm³/mol. The highest BCUT2D eigenvalue weighted by Crippen LogP contribution is 2.34. The van der Waals surface area contributed by atoms with Crippen LogP contribution in [0.3, 0.4) is 0 Å². The fourth-order valence-electron chi connectivity index (χ4n) is 1.83. The Morgan fingerprint density at radius 3 is 2.60 bits per heavy atom. The number of carboxylic acids is 1. The second-order valence-corrected chi connectivity index (χ2v) is 4.03. The van der Waals surface area contributed by atoms with Crippen LogP contribution in [0.1, 0.15) is 10.4 Å². The number of pyridine rings is 1. The first-order chi connectivity index (χ1) is 9.56. The van der Waals surface area contributed by atoms with E-state index in [2.05, 4.69) is 4.98 Å². The second-order valence-electron chi connectivity index (χ2n) is 4.03. The van der Waals surface area contributed by atoms with E-state index in [1.807, 2.05) is 0 Å². The first-order valence-electron chi connectivity index (χ1n) is 5.78. The first-order valence-corrected chi connectivity index (χ1v) is 5.78. The Kier molecular flexibility index (Phi) is 3.74. The van der Waals surface area contributed by atoms with Gasteiger partial charge >= 0.3 is 5.97 Å². The molecule has 0 radical (unpaired) electrons. The summed E-state index contributed by atoms with van der Waals surface area (Å²) in [6, 6.07) is 6.70. The number of ether oxygens (including phenoxy) is 2. The molecule has 104 valence electrons. The molecule has 0 spiro atoms. The molecular weight excluding hydrogens is 260 g/mol. The molecule has 2 aromatic rings. The van der Waals surface area contributed by atoms with Gasteiger partial charge in [0.1, 0.15) is 22.9 Å². The zero-order valence-electron chi connectivity index (χ0n) is 11.1. The van der Waals surface area contributed by atoms with Crippen LogP contribution in [0.5, 0.6) is 11.5 Å². The summed E-state index contributed by atoms with van der Waals surface area (Å²) >= 11 is 0. The van der Waals surface area contributed by atoms with E-state index >= 15 is 0 Å². The summed E-state index contributed by atoms with van der Waals surface area (Å²) in [4.78, 5) is 15.0. The molecule has 0 aliphatic carbocycles. The molecule has 0 saturated carbocycles. The monoisotopic (exact) mass is 274 g/mol. The van der Waals surface area contributed by atoms with Crippen molar-refractivity contribution in [2.24, 2.45) is 0 Å². The van der Waals surface area contributed by atoms with Gasteiger partial charge in [-0.05, 0) is 24.3 Å². The minimum Gasteiger partial charge on any atom is -0.497 e. The maximum absolute atomic E-state index is 11.1. The van der Waals surface area contributed by atoms with E-state index < -0.39 is 5.97 Å². The van der Waals surface area contributed by atoms with Crippen LogP contribution in [0.2, 0.25) is 0 Å². The molecule has 0 bridgehead atoms. The molecule has 1 heterocycles. The van der Waals surface area contributed by atoms with Gasteiger partial charge in [0, 0.05) is 17.3 Å². The number of methoxy groups -OCH3 is 2. The molecule has 2 rings (SSSR count). The van der Waals surface area contributed by atoms with E-state index in [4.69, 9.17) is 20.3 Å². The standard InChI is InChI=1S/C14H14N2O4/c1-19-9-3-4-12(20-2)10(6-9)8-5-11(14(17)18)13(15)16-7-8/h3-7H,1-2H3,(H2,15,16)(H,17,18). The van der Waals surface area contributed by atoms with Gasteiger partial charge in [0.15, 0.2) is 0 Å². The zero-order chi connectivity index (χ0) is 14.7. The number of aromatic nitrogens is 1. The molecule has 0 saturated heterocycles. The lowest BCUT2D eigenvalue weighted by Gasteiger charge is -2.11. The number of benzene rings is 1. The summed E-state index contributed by atoms with van der Waals surface area (Å²) < 4.78 is 10.4. The molecule has 0 aliphatic heterocycles. The highest BCUT2D eigenvalue weighted by atomic mass is 16.5. The van der Waals surface area contributed by atoms with Gasteiger partial charge in [0.05, 0.1) is 14.2 Å². The Morgan fingerprint density at radius 2 is 2.00 bits per heavy atom. The minimum absolute atomic E-state index is 0.0249. The molecule has 1 aromatic heterocycles. The summed E-state index contributed by atoms with van der Waals surface area (Å²) in [7, 11) is 3.09. The van der Waals surface area contributed by atoms with Crippen LogP contribution < -0.4 is 15.2 Å². The number of hydrogen-bond donors (Lipinski definition) is 2. The van der Waals surface area contributed by atoms with Gasteiger partial charge in [-0.2, -0.15) is 0 Å². The molecular formula is C14H14N2O4. The Balaban J connectivity index is 2.61. The third-order valence-electron chi connectivity index (χ3n) is 2.87. The molecule has 6 nitrogen and oxygen atoms in total. The normalized spacial score (nSPS) is 10.1. The van der Waals surface area contributed by atoms with Crippen molar-refractivity contribution in [1.82, 2.24) is 4.98 Å². The average Bonchev–Trinajstić information content (AvgIpc) is 2.46. The summed E-state index contributed by atoms with van der Waals surface area (Å²) in [5, 5.41) is 9.09. The van der Waals surface area contributed by atoms with Crippen LogP contribution >= 0.6 is 0 Å². The van der Waals surface area contributed by atoms with Crippen molar-refractivity contribution in [3.8, 4) is 22.6 Å². The molecule has 6 heteroatoms. The fourth-order valence-corrected chi connectivity index (χ4v) is 1.83. The SMILES string of the molecule is COc1ccc(OC)c(-c2cnc(N)c(C(=O)O)c2)c1. The van der Waals surface area contributed by atoms with Crippen LogP contribution in [0.4, 0.5) is 5.82 Å². The van der Waals surface area contributed by atoms with Crippen LogP contribution in [-0.4, -0.2) is 30.3 Å². The molecule has 20 heavy (non-hydrogen) atoms. The topological polar surface area (TPSA) is 94.7 Å². The third-order valence-corrected chi connectivity index (χ3v) is 2.87. The second kappa shape index (κ2) is 5.48. The Morgan fingerprint density at radius 1 is 1.25 bits per heavy atom. The van der Waals surface area contributed by atoms with Crippen molar-refractivity contribution in [3.63, 3.8) is 0 Å². The Labute approximate surface area is 115 Å². The van der Waals surface area contributed by atoms with Gasteiger partial charge in [-0.3, -0.25) is 0 Å². The van der Waals surface area contributed by atoms with E-state index in [0.29, 0.717) is 22.6 Å². The number of carboxylic acid groups (broad SMARTS) is 1. The van der Waals surface area contributed by atoms with Crippen LogP contribution in [0.25, 0.3) is 11.1 Å². The van der Waals surface area contributed by atoms with Crippen molar-refractivity contribution in [2.45, 2.75) is 0 Å². The van der Waals surface area contributed by atoms with Crippen molar-refractivity contribution in [1.29, 1.82) is 0 Å². The molecule has 0 unspecified atom stereocenters. The largest absolute Gasteiger partial charge is 0.497 e. The molecule has 0 fully saturated rings. The Hall–Kier alpha value is -2.76. The summed E-state index contributed by atoms with van der Waals surface area (Å²) in [6.07, 6.45) is 1.50. The summed E-state index contributed by atoms with van der Waals surface area (Å²) in [5.74, 6) is 0.0741.